The molecule has 0 aromatic carbocycles. The molecule has 3 N–H and O–H groups in total. The Morgan fingerprint density at radius 2 is 2.24 bits per heavy atom. The molecule has 17 heavy (non-hydrogen) atoms. The van der Waals surface area contributed by atoms with Crippen molar-refractivity contribution in [2.24, 2.45) is 5.73 Å². The number of carbonyl (C=O) groups excluding carboxylic acids is 2. The van der Waals surface area contributed by atoms with E-state index >= 15 is 0 Å². The number of furan rings is 1. The maximum absolute atomic E-state index is 11.3. The van der Waals surface area contributed by atoms with E-state index in [2.05, 4.69) is 10.1 Å². The molecular weight excluding hydrogens is 224 g/mol. The van der Waals surface area contributed by atoms with Gasteiger partial charge in [0.05, 0.1) is 19.7 Å². The van der Waals surface area contributed by atoms with Crippen molar-refractivity contribution >= 4 is 11.9 Å². The highest BCUT2D eigenvalue weighted by Gasteiger charge is 2.16. The number of hydrogen-bond donors (Lipinski definition) is 2. The van der Waals surface area contributed by atoms with Crippen molar-refractivity contribution in [3.05, 3.63) is 23.2 Å². The van der Waals surface area contributed by atoms with Crippen LogP contribution in [0.3, 0.4) is 0 Å². The van der Waals surface area contributed by atoms with E-state index in [9.17, 15) is 9.59 Å². The minimum Gasteiger partial charge on any atom is -0.465 e. The fraction of sp³-hybridized carbons (Fsp3) is 0.455. The quantitative estimate of drug-likeness (QED) is 0.740. The van der Waals surface area contributed by atoms with E-state index in [1.165, 1.54) is 7.11 Å². The van der Waals surface area contributed by atoms with Gasteiger partial charge in [0.2, 0.25) is 5.91 Å². The lowest BCUT2D eigenvalue weighted by molar-refractivity contribution is -0.122. The highest BCUT2D eigenvalue weighted by Crippen LogP contribution is 2.15. The Kier molecular flexibility index (Phi) is 4.28. The highest BCUT2D eigenvalue weighted by atomic mass is 16.5. The molecule has 0 saturated heterocycles. The van der Waals surface area contributed by atoms with E-state index in [4.69, 9.17) is 10.2 Å². The summed E-state index contributed by atoms with van der Waals surface area (Å²) in [7, 11) is 1.30. The zero-order chi connectivity index (χ0) is 13.0. The summed E-state index contributed by atoms with van der Waals surface area (Å²) in [6.07, 6.45) is 0. The molecule has 0 aliphatic carbocycles. The van der Waals surface area contributed by atoms with Crippen LogP contribution >= 0.6 is 0 Å². The monoisotopic (exact) mass is 240 g/mol. The van der Waals surface area contributed by atoms with Crippen molar-refractivity contribution in [3.8, 4) is 0 Å². The zero-order valence-corrected chi connectivity index (χ0v) is 10.1. The van der Waals surface area contributed by atoms with Gasteiger partial charge in [-0.05, 0) is 19.9 Å². The average molecular weight is 240 g/mol. The third-order valence-corrected chi connectivity index (χ3v) is 2.22. The molecule has 1 heterocycles. The van der Waals surface area contributed by atoms with Gasteiger partial charge in [0, 0.05) is 0 Å². The minimum atomic E-state index is -0.578. The molecule has 1 amide bonds. The zero-order valence-electron chi connectivity index (χ0n) is 10.1. The van der Waals surface area contributed by atoms with Crippen LogP contribution in [0.4, 0.5) is 0 Å². The average Bonchev–Trinajstić information content (AvgIpc) is 2.66. The summed E-state index contributed by atoms with van der Waals surface area (Å²) in [6, 6.07) is 0.967. The first-order valence-corrected chi connectivity index (χ1v) is 5.16. The lowest BCUT2D eigenvalue weighted by atomic mass is 10.2. The number of esters is 1. The van der Waals surface area contributed by atoms with Gasteiger partial charge in [0.15, 0.2) is 0 Å². The Bertz CT molecular complexity index is 423. The molecule has 1 aromatic rings. The predicted octanol–water partition coefficient (Wildman–Crippen LogP) is 0.338. The van der Waals surface area contributed by atoms with E-state index in [1.807, 2.05) is 0 Å². The molecular formula is C11H16N2O4. The first-order chi connectivity index (χ1) is 7.95. The molecule has 1 rings (SSSR count). The number of methoxy groups -OCH3 is 1. The topological polar surface area (TPSA) is 94.6 Å². The van der Waals surface area contributed by atoms with Gasteiger partial charge in [-0.15, -0.1) is 0 Å². The Balaban J connectivity index is 2.68. The van der Waals surface area contributed by atoms with Crippen LogP contribution in [0.5, 0.6) is 0 Å². The van der Waals surface area contributed by atoms with Gasteiger partial charge in [-0.3, -0.25) is 4.79 Å². The Labute approximate surface area is 99.1 Å². The highest BCUT2D eigenvalue weighted by molar-refractivity contribution is 5.90. The number of nitrogens with two attached hydrogens (primary N) is 1. The van der Waals surface area contributed by atoms with Crippen LogP contribution in [-0.2, 0) is 16.1 Å². The van der Waals surface area contributed by atoms with Gasteiger partial charge in [-0.2, -0.15) is 0 Å². The van der Waals surface area contributed by atoms with E-state index < -0.39 is 12.0 Å². The number of hydrogen-bond acceptors (Lipinski definition) is 5. The van der Waals surface area contributed by atoms with Crippen LogP contribution in [0.1, 0.15) is 28.8 Å². The summed E-state index contributed by atoms with van der Waals surface area (Å²) in [4.78, 5) is 22.5. The first-order valence-electron chi connectivity index (χ1n) is 5.16. The fourth-order valence-corrected chi connectivity index (χ4v) is 1.28. The lowest BCUT2D eigenvalue weighted by Crippen LogP contribution is -2.37. The molecule has 1 aromatic heterocycles. The van der Waals surface area contributed by atoms with Gasteiger partial charge in [-0.1, -0.05) is 0 Å². The molecule has 94 valence electrons. The second-order valence-electron chi connectivity index (χ2n) is 3.68. The summed E-state index contributed by atoms with van der Waals surface area (Å²) in [5.74, 6) is 0.202. The van der Waals surface area contributed by atoms with Gasteiger partial charge in [0.25, 0.3) is 0 Å². The molecule has 1 atom stereocenters. The molecule has 6 heteroatoms. The molecule has 0 saturated carbocycles. The number of aryl methyl sites for hydroxylation is 1. The van der Waals surface area contributed by atoms with Crippen LogP contribution < -0.4 is 11.1 Å². The molecule has 0 bridgehead atoms. The second kappa shape index (κ2) is 5.49. The SMILES string of the molecule is COC(=O)c1cc(CNC(=O)[C@H](C)N)oc1C. The Morgan fingerprint density at radius 1 is 1.59 bits per heavy atom. The number of rotatable bonds is 4. The summed E-state index contributed by atoms with van der Waals surface area (Å²) in [5.41, 5.74) is 5.75. The summed E-state index contributed by atoms with van der Waals surface area (Å²) in [6.45, 7) is 3.43. The predicted molar refractivity (Wildman–Crippen MR) is 60.3 cm³/mol. The maximum Gasteiger partial charge on any atom is 0.341 e. The Morgan fingerprint density at radius 3 is 2.76 bits per heavy atom. The largest absolute Gasteiger partial charge is 0.465 e. The van der Waals surface area contributed by atoms with Gasteiger partial charge in [0.1, 0.15) is 17.1 Å². The van der Waals surface area contributed by atoms with Crippen LogP contribution in [0, 0.1) is 6.92 Å². The summed E-state index contributed by atoms with van der Waals surface area (Å²) in [5, 5.41) is 2.59. The van der Waals surface area contributed by atoms with Crippen molar-refractivity contribution in [1.29, 1.82) is 0 Å². The molecule has 0 radical (unpaired) electrons. The van der Waals surface area contributed by atoms with E-state index in [1.54, 1.807) is 19.9 Å². The Hall–Kier alpha value is -1.82. The minimum absolute atomic E-state index is 0.193. The molecule has 0 unspecified atom stereocenters. The van der Waals surface area contributed by atoms with Crippen molar-refractivity contribution in [2.45, 2.75) is 26.4 Å². The van der Waals surface area contributed by atoms with Crippen LogP contribution in [0.25, 0.3) is 0 Å². The number of nitrogens with one attached hydrogen (secondary N) is 1. The van der Waals surface area contributed by atoms with Gasteiger partial charge in [-0.25, -0.2) is 4.79 Å². The van der Waals surface area contributed by atoms with Gasteiger partial charge < -0.3 is 20.2 Å². The molecule has 0 fully saturated rings. The van der Waals surface area contributed by atoms with E-state index in [0.717, 1.165) is 0 Å². The van der Waals surface area contributed by atoms with Crippen LogP contribution in [0.2, 0.25) is 0 Å². The summed E-state index contributed by atoms with van der Waals surface area (Å²) < 4.78 is 9.90. The third-order valence-electron chi connectivity index (χ3n) is 2.22. The summed E-state index contributed by atoms with van der Waals surface area (Å²) >= 11 is 0. The van der Waals surface area contributed by atoms with Crippen molar-refractivity contribution in [2.75, 3.05) is 7.11 Å². The molecule has 0 aliphatic heterocycles. The third kappa shape index (κ3) is 3.32. The number of ether oxygens (including phenoxy) is 1. The van der Waals surface area contributed by atoms with Gasteiger partial charge >= 0.3 is 5.97 Å². The fourth-order valence-electron chi connectivity index (χ4n) is 1.28. The van der Waals surface area contributed by atoms with Crippen LogP contribution in [0.15, 0.2) is 10.5 Å². The van der Waals surface area contributed by atoms with Crippen molar-refractivity contribution < 1.29 is 18.7 Å². The van der Waals surface area contributed by atoms with E-state index in [0.29, 0.717) is 17.1 Å². The molecule has 0 aliphatic rings. The molecule has 6 nitrogen and oxygen atoms in total. The van der Waals surface area contributed by atoms with Crippen molar-refractivity contribution in [1.82, 2.24) is 5.32 Å². The normalized spacial score (nSPS) is 12.0. The van der Waals surface area contributed by atoms with E-state index in [-0.39, 0.29) is 12.5 Å². The first kappa shape index (κ1) is 13.2. The number of amides is 1. The smallest absolute Gasteiger partial charge is 0.341 e. The number of carbonyl (C=O) groups is 2. The lowest BCUT2D eigenvalue weighted by Gasteiger charge is -2.05. The molecule has 0 spiro atoms. The standard InChI is InChI=1S/C11H16N2O4/c1-6(12)10(14)13-5-8-4-9(7(2)17-8)11(15)16-3/h4,6H,5,12H2,1-3H3,(H,13,14)/t6-/m0/s1. The van der Waals surface area contributed by atoms with Crippen molar-refractivity contribution in [3.63, 3.8) is 0 Å². The second-order valence-corrected chi connectivity index (χ2v) is 3.68. The maximum atomic E-state index is 11.3. The van der Waals surface area contributed by atoms with Crippen LogP contribution in [-0.4, -0.2) is 25.0 Å².